The zero-order chi connectivity index (χ0) is 21.6. The fourth-order valence-electron chi connectivity index (χ4n) is 3.26. The van der Waals surface area contributed by atoms with E-state index in [1.165, 1.54) is 18.3 Å². The zero-order valence-electron chi connectivity index (χ0n) is 16.6. The molecule has 1 atom stereocenters. The lowest BCUT2D eigenvalue weighted by atomic mass is 10.1. The van der Waals surface area contributed by atoms with Crippen LogP contribution in [0.1, 0.15) is 32.4 Å². The quantitative estimate of drug-likeness (QED) is 0.464. The third-order valence-electron chi connectivity index (χ3n) is 4.87. The summed E-state index contributed by atoms with van der Waals surface area (Å²) in [6.45, 7) is 0.553. The molecule has 3 aromatic rings. The van der Waals surface area contributed by atoms with Crippen LogP contribution in [-0.2, 0) is 11.3 Å². The normalized spacial score (nSPS) is 16.1. The molecule has 0 spiro atoms. The highest BCUT2D eigenvalue weighted by molar-refractivity contribution is 8.00. The van der Waals surface area contributed by atoms with Crippen molar-refractivity contribution in [2.45, 2.75) is 11.9 Å². The minimum atomic E-state index is -0.346. The van der Waals surface area contributed by atoms with Crippen molar-refractivity contribution in [2.24, 2.45) is 5.10 Å². The summed E-state index contributed by atoms with van der Waals surface area (Å²) in [5, 5.41) is 3.83. The minimum absolute atomic E-state index is 0.0821. The Kier molecular flexibility index (Phi) is 6.43. The topological polar surface area (TPSA) is 61.8 Å². The Morgan fingerprint density at radius 2 is 1.77 bits per heavy atom. The Balaban J connectivity index is 1.40. The second-order valence-corrected chi connectivity index (χ2v) is 8.11. The van der Waals surface area contributed by atoms with Crippen LogP contribution < -0.4 is 5.43 Å². The average molecular weight is 434 g/mol. The molecule has 1 saturated heterocycles. The molecule has 3 aromatic carbocycles. The summed E-state index contributed by atoms with van der Waals surface area (Å²) < 4.78 is 12.9. The maximum absolute atomic E-state index is 12.9. The van der Waals surface area contributed by atoms with Crippen LogP contribution in [0, 0.1) is 5.82 Å². The second-order valence-electron chi connectivity index (χ2n) is 7.04. The predicted octanol–water partition coefficient (Wildman–Crippen LogP) is 4.36. The molecular weight excluding hydrogens is 413 g/mol. The number of carbonyl (C=O) groups is 2. The molecule has 4 rings (SSSR count). The molecule has 0 bridgehead atoms. The fourth-order valence-corrected chi connectivity index (χ4v) is 4.45. The molecule has 0 aromatic heterocycles. The summed E-state index contributed by atoms with van der Waals surface area (Å²) in [7, 11) is 0. The highest BCUT2D eigenvalue weighted by atomic mass is 32.2. The van der Waals surface area contributed by atoms with Gasteiger partial charge in [0, 0.05) is 12.1 Å². The number of amides is 2. The molecule has 2 amide bonds. The number of halogens is 1. The number of hydrogen-bond acceptors (Lipinski definition) is 4. The van der Waals surface area contributed by atoms with Gasteiger partial charge in [0.15, 0.2) is 0 Å². The number of benzene rings is 3. The summed E-state index contributed by atoms with van der Waals surface area (Å²) >= 11 is 1.58. The molecule has 1 N–H and O–H groups in total. The van der Waals surface area contributed by atoms with Gasteiger partial charge in [-0.1, -0.05) is 54.6 Å². The van der Waals surface area contributed by atoms with Crippen molar-refractivity contribution < 1.29 is 14.0 Å². The molecular formula is C24H20FN3O2S. The summed E-state index contributed by atoms with van der Waals surface area (Å²) in [5.41, 5.74) is 5.66. The van der Waals surface area contributed by atoms with Crippen molar-refractivity contribution in [1.29, 1.82) is 0 Å². The summed E-state index contributed by atoms with van der Waals surface area (Å²) in [6.07, 6.45) is 1.45. The average Bonchev–Trinajstić information content (AvgIpc) is 3.16. The number of carbonyl (C=O) groups excluding carboxylic acids is 2. The van der Waals surface area contributed by atoms with E-state index < -0.39 is 0 Å². The monoisotopic (exact) mass is 433 g/mol. The first kappa shape index (κ1) is 20.8. The van der Waals surface area contributed by atoms with Crippen molar-refractivity contribution in [3.63, 3.8) is 0 Å². The van der Waals surface area contributed by atoms with Gasteiger partial charge in [0.25, 0.3) is 5.91 Å². The van der Waals surface area contributed by atoms with Crippen molar-refractivity contribution >= 4 is 29.8 Å². The van der Waals surface area contributed by atoms with E-state index in [-0.39, 0.29) is 23.0 Å². The fraction of sp³-hybridized carbons (Fsp3) is 0.125. The van der Waals surface area contributed by atoms with E-state index in [0.717, 1.165) is 11.1 Å². The molecule has 0 unspecified atom stereocenters. The SMILES string of the molecule is O=C(N/N=C\c1ccc(F)cc1)c1ccc([C@H]2SCC(=O)N2Cc2ccccc2)cc1. The molecule has 1 aliphatic rings. The van der Waals surface area contributed by atoms with Crippen molar-refractivity contribution in [1.82, 2.24) is 10.3 Å². The summed E-state index contributed by atoms with van der Waals surface area (Å²) in [4.78, 5) is 26.6. The molecule has 0 aliphatic carbocycles. The minimum Gasteiger partial charge on any atom is -0.322 e. The smallest absolute Gasteiger partial charge is 0.271 e. The number of hydrazone groups is 1. The van der Waals surface area contributed by atoms with Crippen LogP contribution in [0.25, 0.3) is 0 Å². The van der Waals surface area contributed by atoms with E-state index in [2.05, 4.69) is 10.5 Å². The molecule has 1 fully saturated rings. The number of thioether (sulfide) groups is 1. The molecule has 5 nitrogen and oxygen atoms in total. The number of nitrogens with one attached hydrogen (secondary N) is 1. The summed E-state index contributed by atoms with van der Waals surface area (Å²) in [6, 6.07) is 22.9. The van der Waals surface area contributed by atoms with Gasteiger partial charge in [-0.15, -0.1) is 11.8 Å². The van der Waals surface area contributed by atoms with E-state index in [1.807, 2.05) is 47.4 Å². The molecule has 1 aliphatic heterocycles. The third-order valence-corrected chi connectivity index (χ3v) is 6.13. The van der Waals surface area contributed by atoms with Gasteiger partial charge in [0.1, 0.15) is 11.2 Å². The van der Waals surface area contributed by atoms with Crippen molar-refractivity contribution in [2.75, 3.05) is 5.75 Å². The molecule has 156 valence electrons. The highest BCUT2D eigenvalue weighted by Crippen LogP contribution is 2.39. The van der Waals surface area contributed by atoms with Crippen LogP contribution >= 0.6 is 11.8 Å². The van der Waals surface area contributed by atoms with Gasteiger partial charge in [0.2, 0.25) is 5.91 Å². The molecule has 0 radical (unpaired) electrons. The van der Waals surface area contributed by atoms with Crippen LogP contribution in [0.2, 0.25) is 0 Å². The number of nitrogens with zero attached hydrogens (tertiary/aromatic N) is 2. The first-order chi connectivity index (χ1) is 15.1. The van der Waals surface area contributed by atoms with Crippen molar-refractivity contribution in [3.8, 4) is 0 Å². The zero-order valence-corrected chi connectivity index (χ0v) is 17.4. The Hall–Kier alpha value is -3.45. The lowest BCUT2D eigenvalue weighted by Crippen LogP contribution is -2.27. The maximum Gasteiger partial charge on any atom is 0.271 e. The Morgan fingerprint density at radius 3 is 2.48 bits per heavy atom. The van der Waals surface area contributed by atoms with E-state index >= 15 is 0 Å². The van der Waals surface area contributed by atoms with Crippen molar-refractivity contribution in [3.05, 3.63) is 107 Å². The maximum atomic E-state index is 12.9. The van der Waals surface area contributed by atoms with Crippen LogP contribution in [0.5, 0.6) is 0 Å². The first-order valence-electron chi connectivity index (χ1n) is 9.74. The van der Waals surface area contributed by atoms with E-state index in [0.29, 0.717) is 23.4 Å². The third kappa shape index (κ3) is 5.19. The van der Waals surface area contributed by atoms with E-state index in [4.69, 9.17) is 0 Å². The Bertz CT molecular complexity index is 1090. The van der Waals surface area contributed by atoms with Crippen LogP contribution in [0.3, 0.4) is 0 Å². The van der Waals surface area contributed by atoms with Gasteiger partial charge >= 0.3 is 0 Å². The lowest BCUT2D eigenvalue weighted by Gasteiger charge is -2.24. The molecule has 1 heterocycles. The van der Waals surface area contributed by atoms with Gasteiger partial charge in [-0.05, 0) is 41.0 Å². The van der Waals surface area contributed by atoms with Gasteiger partial charge in [-0.2, -0.15) is 5.10 Å². The van der Waals surface area contributed by atoms with E-state index in [9.17, 15) is 14.0 Å². The molecule has 31 heavy (non-hydrogen) atoms. The van der Waals surface area contributed by atoms with Gasteiger partial charge in [-0.25, -0.2) is 9.82 Å². The van der Waals surface area contributed by atoms with Gasteiger partial charge in [0.05, 0.1) is 12.0 Å². The highest BCUT2D eigenvalue weighted by Gasteiger charge is 2.32. The molecule has 7 heteroatoms. The van der Waals surface area contributed by atoms with E-state index in [1.54, 1.807) is 36.0 Å². The van der Waals surface area contributed by atoms with Crippen LogP contribution in [0.15, 0.2) is 84.0 Å². The van der Waals surface area contributed by atoms with Gasteiger partial charge < -0.3 is 4.90 Å². The van der Waals surface area contributed by atoms with Crippen LogP contribution in [0.4, 0.5) is 4.39 Å². The Labute approximate surface area is 184 Å². The van der Waals surface area contributed by atoms with Crippen LogP contribution in [-0.4, -0.2) is 28.7 Å². The standard InChI is InChI=1S/C24H20FN3O2S/c25-21-12-6-17(7-13-21)14-26-27-23(30)19-8-10-20(11-9-19)24-28(22(29)16-31-24)15-18-4-2-1-3-5-18/h1-14,24H,15-16H2,(H,27,30)/b26-14-/t24-/m1/s1. The Morgan fingerprint density at radius 1 is 1.06 bits per heavy atom. The molecule has 0 saturated carbocycles. The number of rotatable bonds is 6. The predicted molar refractivity (Wildman–Crippen MR) is 120 cm³/mol. The lowest BCUT2D eigenvalue weighted by molar-refractivity contribution is -0.128. The second kappa shape index (κ2) is 9.57. The number of hydrogen-bond donors (Lipinski definition) is 1. The largest absolute Gasteiger partial charge is 0.322 e. The summed E-state index contributed by atoms with van der Waals surface area (Å²) in [5.74, 6) is -0.125. The van der Waals surface area contributed by atoms with Gasteiger partial charge in [-0.3, -0.25) is 9.59 Å². The first-order valence-corrected chi connectivity index (χ1v) is 10.8.